The summed E-state index contributed by atoms with van der Waals surface area (Å²) >= 11 is 6.18. The molecule has 0 atom stereocenters. The predicted octanol–water partition coefficient (Wildman–Crippen LogP) is 5.29. The molecule has 29 heavy (non-hydrogen) atoms. The van der Waals surface area contributed by atoms with Crippen LogP contribution in [0.15, 0.2) is 42.5 Å². The number of rotatable bonds is 9. The van der Waals surface area contributed by atoms with E-state index in [0.29, 0.717) is 36.5 Å². The highest BCUT2D eigenvalue weighted by Gasteiger charge is 2.17. The number of hydrogen-bond acceptors (Lipinski definition) is 5. The van der Waals surface area contributed by atoms with Crippen molar-refractivity contribution in [2.75, 3.05) is 18.6 Å². The van der Waals surface area contributed by atoms with Crippen LogP contribution in [0.2, 0.25) is 5.02 Å². The molecule has 0 spiro atoms. The van der Waals surface area contributed by atoms with Gasteiger partial charge in [-0.05, 0) is 63.1 Å². The zero-order valence-corrected chi connectivity index (χ0v) is 18.2. The number of benzene rings is 2. The third kappa shape index (κ3) is 7.42. The van der Waals surface area contributed by atoms with Crippen molar-refractivity contribution in [3.63, 3.8) is 0 Å². The predicted molar refractivity (Wildman–Crippen MR) is 116 cm³/mol. The second-order valence-electron chi connectivity index (χ2n) is 7.78. The summed E-state index contributed by atoms with van der Waals surface area (Å²) in [4.78, 5) is 25.7. The average Bonchev–Trinajstić information content (AvgIpc) is 2.66. The van der Waals surface area contributed by atoms with Gasteiger partial charge < -0.3 is 14.4 Å². The Morgan fingerprint density at radius 1 is 1.14 bits per heavy atom. The van der Waals surface area contributed by atoms with Crippen molar-refractivity contribution in [1.29, 1.82) is 0 Å². The van der Waals surface area contributed by atoms with Gasteiger partial charge in [-0.15, -0.1) is 0 Å². The van der Waals surface area contributed by atoms with Crippen LogP contribution in [-0.2, 0) is 16.1 Å². The highest BCUT2D eigenvalue weighted by Crippen LogP contribution is 2.26. The normalized spacial score (nSPS) is 11.1. The number of nitrogens with zero attached hydrogens (tertiary/aromatic N) is 1. The van der Waals surface area contributed by atoms with E-state index in [4.69, 9.17) is 21.1 Å². The third-order valence-corrected chi connectivity index (χ3v) is 4.46. The summed E-state index contributed by atoms with van der Waals surface area (Å²) in [5.74, 6) is 0.546. The molecule has 0 bridgehead atoms. The number of methoxy groups -OCH3 is 1. The van der Waals surface area contributed by atoms with E-state index in [-0.39, 0.29) is 5.97 Å². The Balaban J connectivity index is 2.17. The minimum Gasteiger partial charge on any atom is -0.497 e. The van der Waals surface area contributed by atoms with Gasteiger partial charge in [0.1, 0.15) is 11.4 Å². The monoisotopic (exact) mass is 417 g/mol. The molecule has 0 aromatic heterocycles. The van der Waals surface area contributed by atoms with E-state index < -0.39 is 5.60 Å². The molecule has 0 N–H and O–H groups in total. The van der Waals surface area contributed by atoms with Gasteiger partial charge in [0.05, 0.1) is 7.11 Å². The number of ether oxygens (including phenoxy) is 2. The van der Waals surface area contributed by atoms with E-state index >= 15 is 0 Å². The lowest BCUT2D eigenvalue weighted by molar-refractivity contribution is -0.154. The molecule has 0 aliphatic heterocycles. The number of esters is 1. The van der Waals surface area contributed by atoms with Crippen LogP contribution >= 0.6 is 11.6 Å². The lowest BCUT2D eigenvalue weighted by Gasteiger charge is -2.27. The van der Waals surface area contributed by atoms with Crippen LogP contribution in [0.1, 0.15) is 49.5 Å². The van der Waals surface area contributed by atoms with Crippen LogP contribution in [0, 0.1) is 0 Å². The molecule has 0 aliphatic carbocycles. The molecule has 156 valence electrons. The van der Waals surface area contributed by atoms with Crippen LogP contribution in [0.25, 0.3) is 0 Å². The number of halogens is 1. The summed E-state index contributed by atoms with van der Waals surface area (Å²) < 4.78 is 10.6. The first-order valence-electron chi connectivity index (χ1n) is 9.56. The van der Waals surface area contributed by atoms with E-state index in [1.165, 1.54) is 0 Å². The van der Waals surface area contributed by atoms with Gasteiger partial charge in [0.15, 0.2) is 6.29 Å². The van der Waals surface area contributed by atoms with Crippen molar-refractivity contribution in [2.45, 2.75) is 45.8 Å². The Morgan fingerprint density at radius 3 is 2.41 bits per heavy atom. The molecule has 0 saturated carbocycles. The van der Waals surface area contributed by atoms with Crippen LogP contribution in [0.4, 0.5) is 5.69 Å². The first-order chi connectivity index (χ1) is 13.7. The molecule has 0 fully saturated rings. The summed E-state index contributed by atoms with van der Waals surface area (Å²) in [6.45, 7) is 6.70. The number of anilines is 1. The fourth-order valence-electron chi connectivity index (χ4n) is 2.93. The van der Waals surface area contributed by atoms with Gasteiger partial charge in [0.25, 0.3) is 0 Å². The van der Waals surface area contributed by atoms with Gasteiger partial charge in [-0.25, -0.2) is 0 Å². The molecule has 6 heteroatoms. The molecule has 0 unspecified atom stereocenters. The first kappa shape index (κ1) is 22.8. The fourth-order valence-corrected chi connectivity index (χ4v) is 3.10. The summed E-state index contributed by atoms with van der Waals surface area (Å²) in [6, 6.07) is 12.9. The molecular weight excluding hydrogens is 390 g/mol. The maximum absolute atomic E-state index is 12.1. The van der Waals surface area contributed by atoms with Gasteiger partial charge >= 0.3 is 5.97 Å². The lowest BCUT2D eigenvalue weighted by Crippen LogP contribution is -2.27. The first-order valence-corrected chi connectivity index (χ1v) is 9.94. The topological polar surface area (TPSA) is 55.8 Å². The van der Waals surface area contributed by atoms with Gasteiger partial charge in [-0.1, -0.05) is 23.7 Å². The molecule has 2 aromatic carbocycles. The van der Waals surface area contributed by atoms with E-state index in [2.05, 4.69) is 4.90 Å². The standard InChI is InChI=1S/C23H28ClNO4/c1-23(2,3)29-22(27)6-5-13-25(15-17-7-11-20(28-4)12-8-17)21-14-19(24)10-9-18(21)16-26/h7-12,14,16H,5-6,13,15H2,1-4H3. The summed E-state index contributed by atoms with van der Waals surface area (Å²) in [5.41, 5.74) is 1.85. The number of carbonyl (C=O) groups is 2. The van der Waals surface area contributed by atoms with Crippen molar-refractivity contribution in [1.82, 2.24) is 0 Å². The number of aldehydes is 1. The zero-order valence-electron chi connectivity index (χ0n) is 17.4. The smallest absolute Gasteiger partial charge is 0.306 e. The highest BCUT2D eigenvalue weighted by molar-refractivity contribution is 6.31. The number of carbonyl (C=O) groups excluding carboxylic acids is 2. The van der Waals surface area contributed by atoms with Gasteiger partial charge in [-0.3, -0.25) is 9.59 Å². The maximum atomic E-state index is 12.1. The van der Waals surface area contributed by atoms with Gasteiger partial charge in [0.2, 0.25) is 0 Å². The lowest BCUT2D eigenvalue weighted by atomic mass is 10.1. The number of hydrogen-bond donors (Lipinski definition) is 0. The third-order valence-electron chi connectivity index (χ3n) is 4.22. The van der Waals surface area contributed by atoms with Gasteiger partial charge in [0, 0.05) is 35.8 Å². The van der Waals surface area contributed by atoms with Gasteiger partial charge in [-0.2, -0.15) is 0 Å². The molecule has 0 radical (unpaired) electrons. The Labute approximate surface area is 177 Å². The Morgan fingerprint density at radius 2 is 1.83 bits per heavy atom. The molecule has 0 amide bonds. The molecule has 2 rings (SSSR count). The second kappa shape index (κ2) is 10.3. The average molecular weight is 418 g/mol. The summed E-state index contributed by atoms with van der Waals surface area (Å²) in [7, 11) is 1.63. The Bertz CT molecular complexity index is 828. The zero-order chi connectivity index (χ0) is 21.4. The van der Waals surface area contributed by atoms with Crippen molar-refractivity contribution in [3.05, 3.63) is 58.6 Å². The molecule has 0 aliphatic rings. The molecule has 0 saturated heterocycles. The van der Waals surface area contributed by atoms with Crippen molar-refractivity contribution >= 4 is 29.5 Å². The van der Waals surface area contributed by atoms with Crippen LogP contribution < -0.4 is 9.64 Å². The maximum Gasteiger partial charge on any atom is 0.306 e. The minimum atomic E-state index is -0.502. The largest absolute Gasteiger partial charge is 0.497 e. The molecule has 5 nitrogen and oxygen atoms in total. The van der Waals surface area contributed by atoms with Crippen LogP contribution in [-0.4, -0.2) is 31.5 Å². The Kier molecular flexibility index (Phi) is 8.09. The Hall–Kier alpha value is -2.53. The quantitative estimate of drug-likeness (QED) is 0.410. The minimum absolute atomic E-state index is 0.233. The van der Waals surface area contributed by atoms with E-state index in [1.807, 2.05) is 45.0 Å². The van der Waals surface area contributed by atoms with Crippen LogP contribution in [0.5, 0.6) is 5.75 Å². The summed E-state index contributed by atoms with van der Waals surface area (Å²) in [6.07, 6.45) is 1.71. The molecule has 0 heterocycles. The van der Waals surface area contributed by atoms with Crippen molar-refractivity contribution in [3.8, 4) is 5.75 Å². The fraction of sp³-hybridized carbons (Fsp3) is 0.391. The van der Waals surface area contributed by atoms with Crippen LogP contribution in [0.3, 0.4) is 0 Å². The van der Waals surface area contributed by atoms with Crippen molar-refractivity contribution in [2.24, 2.45) is 0 Å². The van der Waals surface area contributed by atoms with Crippen molar-refractivity contribution < 1.29 is 19.1 Å². The van der Waals surface area contributed by atoms with E-state index in [9.17, 15) is 9.59 Å². The van der Waals surface area contributed by atoms with E-state index in [1.54, 1.807) is 25.3 Å². The highest BCUT2D eigenvalue weighted by atomic mass is 35.5. The second-order valence-corrected chi connectivity index (χ2v) is 8.22. The molecule has 2 aromatic rings. The molecular formula is C23H28ClNO4. The van der Waals surface area contributed by atoms with E-state index in [0.717, 1.165) is 23.3 Å². The summed E-state index contributed by atoms with van der Waals surface area (Å²) in [5, 5.41) is 0.553. The SMILES string of the molecule is COc1ccc(CN(CCCC(=O)OC(C)(C)C)c2cc(Cl)ccc2C=O)cc1.